The van der Waals surface area contributed by atoms with Gasteiger partial charge in [0.05, 0.1) is 17.9 Å². The lowest BCUT2D eigenvalue weighted by Crippen LogP contribution is -2.13. The van der Waals surface area contributed by atoms with Crippen LogP contribution in [-0.4, -0.2) is 40.1 Å². The van der Waals surface area contributed by atoms with Crippen molar-refractivity contribution in [1.82, 2.24) is 23.9 Å². The van der Waals surface area contributed by atoms with Crippen molar-refractivity contribution in [2.45, 2.75) is 39.7 Å². The van der Waals surface area contributed by atoms with Crippen molar-refractivity contribution < 1.29 is 14.7 Å². The average molecular weight is 450 g/mol. The first-order valence-corrected chi connectivity index (χ1v) is 10.8. The zero-order valence-corrected chi connectivity index (χ0v) is 18.7. The number of aromatic nitrogens is 5. The molecule has 0 unspecified atom stereocenters. The van der Waals surface area contributed by atoms with E-state index in [0.29, 0.717) is 34.9 Å². The Morgan fingerprint density at radius 2 is 1.81 bits per heavy atom. The summed E-state index contributed by atoms with van der Waals surface area (Å²) in [5, 5.41) is 9.44. The Hall–Kier alpha value is -3.46. The minimum Gasteiger partial charge on any atom is -0.476 e. The van der Waals surface area contributed by atoms with Crippen LogP contribution >= 0.6 is 12.6 Å². The number of aryl methyl sites for hydroxylation is 2. The second kappa shape index (κ2) is 8.96. The van der Waals surface area contributed by atoms with E-state index in [9.17, 15) is 14.7 Å². The molecule has 0 aliphatic carbocycles. The molecule has 0 spiro atoms. The van der Waals surface area contributed by atoms with Crippen molar-refractivity contribution in [3.05, 3.63) is 71.2 Å². The van der Waals surface area contributed by atoms with Crippen LogP contribution in [0.2, 0.25) is 0 Å². The molecule has 32 heavy (non-hydrogen) atoms. The van der Waals surface area contributed by atoms with E-state index in [1.165, 1.54) is 4.40 Å². The van der Waals surface area contributed by atoms with Crippen molar-refractivity contribution >= 4 is 29.5 Å². The molecular formula is C23H23N5O3S. The second-order valence-corrected chi connectivity index (χ2v) is 7.93. The number of thiol groups is 1. The third-order valence-electron chi connectivity index (χ3n) is 5.30. The topological polar surface area (TPSA) is 102 Å². The zero-order chi connectivity index (χ0) is 22.8. The number of hydrogen-bond donors (Lipinski definition) is 2. The highest BCUT2D eigenvalue weighted by molar-refractivity contribution is 7.97. The molecule has 3 aromatic heterocycles. The highest BCUT2D eigenvalue weighted by Gasteiger charge is 2.22. The van der Waals surface area contributed by atoms with Crippen LogP contribution < -0.4 is 0 Å². The van der Waals surface area contributed by atoms with Gasteiger partial charge in [-0.15, -0.1) is 0 Å². The smallest absolute Gasteiger partial charge is 0.355 e. The molecule has 0 fully saturated rings. The number of unbranched alkanes of at least 4 members (excludes halogenated alkanes) is 1. The van der Waals surface area contributed by atoms with Gasteiger partial charge < -0.3 is 9.67 Å². The van der Waals surface area contributed by atoms with Gasteiger partial charge in [0.15, 0.2) is 5.69 Å². The predicted octanol–water partition coefficient (Wildman–Crippen LogP) is 4.06. The number of hydrogen-bond acceptors (Lipinski definition) is 5. The Balaban J connectivity index is 1.79. The molecule has 0 aliphatic heterocycles. The molecule has 9 heteroatoms. The minimum absolute atomic E-state index is 0.0542. The number of nitrogens with zero attached hydrogens (tertiary/aromatic N) is 5. The molecule has 0 aliphatic rings. The maximum atomic E-state index is 12.2. The van der Waals surface area contributed by atoms with Crippen molar-refractivity contribution in [1.29, 1.82) is 0 Å². The molecule has 0 saturated carbocycles. The van der Waals surface area contributed by atoms with Crippen LogP contribution in [0.15, 0.2) is 42.6 Å². The SMILES string of the molecule is CCCCc1nc(C)c(C(=O)S)n1Cc1ccn2c(C(=O)O)c(-c3ccccc3)nc2n1. The first-order valence-electron chi connectivity index (χ1n) is 10.4. The van der Waals surface area contributed by atoms with E-state index >= 15 is 0 Å². The average Bonchev–Trinajstić information content (AvgIpc) is 3.30. The van der Waals surface area contributed by atoms with E-state index in [2.05, 4.69) is 34.5 Å². The molecule has 0 amide bonds. The van der Waals surface area contributed by atoms with Gasteiger partial charge >= 0.3 is 5.97 Å². The second-order valence-electron chi connectivity index (χ2n) is 7.53. The summed E-state index contributed by atoms with van der Waals surface area (Å²) in [5.74, 6) is 0.00774. The summed E-state index contributed by atoms with van der Waals surface area (Å²) in [4.78, 5) is 37.8. The molecule has 0 atom stereocenters. The van der Waals surface area contributed by atoms with Gasteiger partial charge in [0.2, 0.25) is 10.9 Å². The van der Waals surface area contributed by atoms with Gasteiger partial charge in [-0.3, -0.25) is 9.20 Å². The standard InChI is InChI=1S/C23H23N5O3S/c1-3-4-10-17-24-14(2)19(22(31)32)28(17)13-16-11-12-27-20(21(29)30)18(26-23(27)25-16)15-8-6-5-7-9-15/h5-9,11-12H,3-4,10,13H2,1-2H3,(H,29,30)(H,31,32). The lowest BCUT2D eigenvalue weighted by molar-refractivity contribution is 0.0690. The number of carboxylic acids is 1. The van der Waals surface area contributed by atoms with Gasteiger partial charge in [0, 0.05) is 18.2 Å². The number of benzene rings is 1. The fraction of sp³-hybridized carbons (Fsp3) is 0.261. The molecule has 0 saturated heterocycles. The highest BCUT2D eigenvalue weighted by atomic mass is 32.1. The van der Waals surface area contributed by atoms with E-state index in [-0.39, 0.29) is 16.6 Å². The molecule has 0 radical (unpaired) electrons. The number of carboxylic acid groups (broad SMARTS) is 1. The third kappa shape index (κ3) is 4.03. The van der Waals surface area contributed by atoms with Gasteiger partial charge in [-0.2, -0.15) is 0 Å². The number of imidazole rings is 2. The first-order chi connectivity index (χ1) is 15.4. The lowest BCUT2D eigenvalue weighted by atomic mass is 10.1. The Morgan fingerprint density at radius 1 is 1.06 bits per heavy atom. The maximum Gasteiger partial charge on any atom is 0.355 e. The van der Waals surface area contributed by atoms with E-state index < -0.39 is 5.97 Å². The van der Waals surface area contributed by atoms with Crippen LogP contribution in [0.3, 0.4) is 0 Å². The molecule has 0 bridgehead atoms. The third-order valence-corrected chi connectivity index (χ3v) is 5.51. The van der Waals surface area contributed by atoms with Crippen molar-refractivity contribution in [3.63, 3.8) is 0 Å². The first kappa shape index (κ1) is 21.8. The highest BCUT2D eigenvalue weighted by Crippen LogP contribution is 2.24. The Bertz CT molecular complexity index is 1310. The summed E-state index contributed by atoms with van der Waals surface area (Å²) in [5.41, 5.74) is 2.84. The number of fused-ring (bicyclic) bond motifs is 1. The molecular weight excluding hydrogens is 426 g/mol. The zero-order valence-electron chi connectivity index (χ0n) is 17.8. The molecule has 4 aromatic rings. The Labute approximate surface area is 190 Å². The van der Waals surface area contributed by atoms with Crippen molar-refractivity contribution in [3.8, 4) is 11.3 Å². The number of rotatable bonds is 8. The fourth-order valence-corrected chi connectivity index (χ4v) is 4.10. The Morgan fingerprint density at radius 3 is 2.47 bits per heavy atom. The van der Waals surface area contributed by atoms with Crippen LogP contribution in [0, 0.1) is 6.92 Å². The quantitative estimate of drug-likeness (QED) is 0.393. The van der Waals surface area contributed by atoms with Crippen LogP contribution in [-0.2, 0) is 13.0 Å². The normalized spacial score (nSPS) is 11.2. The largest absolute Gasteiger partial charge is 0.476 e. The van der Waals surface area contributed by atoms with Crippen LogP contribution in [0.25, 0.3) is 17.0 Å². The van der Waals surface area contributed by atoms with Gasteiger partial charge in [-0.25, -0.2) is 19.7 Å². The molecule has 1 N–H and O–H groups in total. The Kier molecular flexibility index (Phi) is 6.09. The van der Waals surface area contributed by atoms with Gasteiger partial charge in [0.25, 0.3) is 0 Å². The molecule has 4 rings (SSSR count). The van der Waals surface area contributed by atoms with Gasteiger partial charge in [0.1, 0.15) is 17.2 Å². The number of carbonyl (C=O) groups is 2. The number of aromatic carboxylic acids is 1. The summed E-state index contributed by atoms with van der Waals surface area (Å²) >= 11 is 4.03. The summed E-state index contributed by atoms with van der Waals surface area (Å²) in [6.07, 6.45) is 4.35. The van der Waals surface area contributed by atoms with E-state index in [1.54, 1.807) is 19.2 Å². The monoisotopic (exact) mass is 449 g/mol. The summed E-state index contributed by atoms with van der Waals surface area (Å²) in [6.45, 7) is 4.21. The molecule has 1 aromatic carbocycles. The summed E-state index contributed by atoms with van der Waals surface area (Å²) < 4.78 is 3.31. The lowest BCUT2D eigenvalue weighted by Gasteiger charge is -2.10. The van der Waals surface area contributed by atoms with E-state index in [4.69, 9.17) is 0 Å². The fourth-order valence-electron chi connectivity index (χ4n) is 3.82. The predicted molar refractivity (Wildman–Crippen MR) is 123 cm³/mol. The minimum atomic E-state index is -1.08. The molecule has 3 heterocycles. The van der Waals surface area contributed by atoms with E-state index in [1.807, 2.05) is 34.9 Å². The molecule has 8 nitrogen and oxygen atoms in total. The van der Waals surface area contributed by atoms with Gasteiger partial charge in [-0.05, 0) is 19.4 Å². The van der Waals surface area contributed by atoms with Crippen LogP contribution in [0.4, 0.5) is 0 Å². The summed E-state index contributed by atoms with van der Waals surface area (Å²) in [7, 11) is 0. The van der Waals surface area contributed by atoms with Crippen LogP contribution in [0.1, 0.15) is 58.0 Å². The van der Waals surface area contributed by atoms with Gasteiger partial charge in [-0.1, -0.05) is 56.3 Å². The van der Waals surface area contributed by atoms with E-state index in [0.717, 1.165) is 25.1 Å². The van der Waals surface area contributed by atoms with Crippen LogP contribution in [0.5, 0.6) is 0 Å². The maximum absolute atomic E-state index is 12.2. The number of carbonyl (C=O) groups excluding carboxylic acids is 1. The molecule has 164 valence electrons. The van der Waals surface area contributed by atoms with Crippen molar-refractivity contribution in [2.75, 3.05) is 0 Å². The summed E-state index contributed by atoms with van der Waals surface area (Å²) in [6, 6.07) is 10.9. The van der Waals surface area contributed by atoms with Crippen molar-refractivity contribution in [2.24, 2.45) is 0 Å².